The molecule has 4 unspecified atom stereocenters. The number of benzene rings is 2. The summed E-state index contributed by atoms with van der Waals surface area (Å²) in [7, 11) is 0. The van der Waals surface area contributed by atoms with Crippen LogP contribution in [0, 0.1) is 11.6 Å². The molecule has 0 saturated carbocycles. The van der Waals surface area contributed by atoms with E-state index in [0.717, 1.165) is 76.5 Å². The molecule has 3 fully saturated rings. The van der Waals surface area contributed by atoms with E-state index in [0.29, 0.717) is 43.2 Å². The highest BCUT2D eigenvalue weighted by atomic mass is 19.1. The Morgan fingerprint density at radius 3 is 1.51 bits per heavy atom. The van der Waals surface area contributed by atoms with Crippen LogP contribution in [0.3, 0.4) is 0 Å². The molecule has 29 nitrogen and oxygen atoms in total. The second kappa shape index (κ2) is 26.7. The summed E-state index contributed by atoms with van der Waals surface area (Å²) in [4.78, 5) is 80.8. The van der Waals surface area contributed by atoms with Crippen LogP contribution in [-0.2, 0) is 23.9 Å². The van der Waals surface area contributed by atoms with Crippen molar-refractivity contribution in [1.29, 1.82) is 0 Å². The van der Waals surface area contributed by atoms with Gasteiger partial charge in [-0.05, 0) is 80.6 Å². The summed E-state index contributed by atoms with van der Waals surface area (Å²) in [6.45, 7) is 2.46. The number of Topliss-reactive ketones (excluding diaryl/α,β-unsaturated/α-hetero) is 1. The number of carbonyl (C=O) groups is 6. The van der Waals surface area contributed by atoms with Crippen LogP contribution >= 0.6 is 0 Å². The highest BCUT2D eigenvalue weighted by Crippen LogP contribution is 2.38. The maximum atomic E-state index is 12.9. The maximum Gasteiger partial charge on any atom is 0.407 e. The molecule has 0 aromatic heterocycles. The fourth-order valence-electron chi connectivity index (χ4n) is 11.0. The number of quaternary nitrogens is 1. The molecule has 6 atom stereocenters. The van der Waals surface area contributed by atoms with Gasteiger partial charge in [-0.2, -0.15) is 0 Å². The van der Waals surface area contributed by atoms with E-state index >= 15 is 0 Å². The van der Waals surface area contributed by atoms with Gasteiger partial charge in [0.2, 0.25) is 11.6 Å². The number of guanidine groups is 4. The molecular weight excluding hydrogens is 1080 g/mol. The lowest BCUT2D eigenvalue weighted by atomic mass is 9.87. The van der Waals surface area contributed by atoms with E-state index in [-0.39, 0.29) is 79.9 Å². The largest absolute Gasteiger partial charge is 0.446 e. The third-order valence-electron chi connectivity index (χ3n) is 15.2. The lowest BCUT2D eigenvalue weighted by Crippen LogP contribution is -2.91. The average Bonchev–Trinajstić information content (AvgIpc) is 2.61. The highest BCUT2D eigenvalue weighted by molar-refractivity contribution is 6.02. The number of hydrogen-bond donors (Lipinski definition) is 17. The molecule has 3 saturated heterocycles. The van der Waals surface area contributed by atoms with Gasteiger partial charge in [-0.15, -0.1) is 5.06 Å². The molecule has 2 spiro atoms. The van der Waals surface area contributed by atoms with Gasteiger partial charge in [-0.3, -0.25) is 57.9 Å². The van der Waals surface area contributed by atoms with Crippen LogP contribution in [0.25, 0.3) is 0 Å². The number of imide groups is 1. The number of nitrogens with two attached hydrogens (primary N) is 4. The number of ketones is 1. The first-order chi connectivity index (χ1) is 39.0. The smallest absolute Gasteiger partial charge is 0.407 e. The van der Waals surface area contributed by atoms with Crippen molar-refractivity contribution in [3.8, 4) is 0 Å². The minimum atomic E-state index is -2.10. The normalized spacial score (nSPS) is 24.9. The van der Waals surface area contributed by atoms with Crippen molar-refractivity contribution in [3.05, 3.63) is 71.3 Å². The molecule has 2 aromatic carbocycles. The Morgan fingerprint density at radius 2 is 1.06 bits per heavy atom. The molecule has 0 radical (unpaired) electrons. The molecule has 9 rings (SSSR count). The maximum absolute atomic E-state index is 12.9. The summed E-state index contributed by atoms with van der Waals surface area (Å²) in [6.07, 6.45) is 7.87. The predicted octanol–water partition coefficient (Wildman–Crippen LogP) is -7.47. The van der Waals surface area contributed by atoms with Crippen molar-refractivity contribution >= 4 is 59.6 Å². The molecule has 2 aromatic rings. The zero-order chi connectivity index (χ0) is 59.4. The Hall–Kier alpha value is -8.00. The van der Waals surface area contributed by atoms with Crippen LogP contribution < -0.4 is 70.6 Å². The molecule has 82 heavy (non-hydrogen) atoms. The van der Waals surface area contributed by atoms with Crippen LogP contribution in [0.1, 0.15) is 111 Å². The lowest BCUT2D eigenvalue weighted by Gasteiger charge is -2.40. The van der Waals surface area contributed by atoms with Gasteiger partial charge in [-0.1, -0.05) is 25.7 Å². The summed E-state index contributed by atoms with van der Waals surface area (Å²) < 4.78 is 39.5. The summed E-state index contributed by atoms with van der Waals surface area (Å²) in [6, 6.07) is 7.90. The fourth-order valence-corrected chi connectivity index (χ4v) is 11.0. The standard InChI is InChI=1S/C24H34FN7O5.C16H30N8O4.C11H8FNO4/c25-16-9-7-15(8-10-16)18(33)6-4-2-1-3-5-12-28-22(34)37-14-17-19-24(31-20(26)30-19)23(35,36)11-13-32(24)21(27)29-17;17-6-3-1-2-4-7-20-14(25)28-9-10-11-16(23-12(18)22-11)15(26,27)5-8-24(16)13(19)21-10;12-8-3-1-7(2-4-8)11(16)17-13-9(14)5-6-10(13)15/h7-10,17,19,35-36H,1-6,11-14H2,(H6,26,27,28,29,30,31,34);10-11,26-27H,1-9,17H2,(H6,18,19,20,21,22,23,25);1-4H,5-6H2/p+5/t17?,19-,24?;10?,11-,16?;/m00./s1. The zero-order valence-electron chi connectivity index (χ0n) is 45.4. The number of halogens is 2. The Kier molecular flexibility index (Phi) is 20.1. The number of carbonyl (C=O) groups excluding carboxylic acids is 6. The van der Waals surface area contributed by atoms with E-state index in [1.54, 1.807) is 9.15 Å². The SMILES string of the molecule is NC1=[NH+][C@H]2C(COC(=O)NCCCCCCCC(=O)c3ccc(F)cc3)NC(N)=[N+]3CCC(O)(O)C23N1.NC1=[NH+][C@H]2C(COC(=O)NCCCCCC[NH3+])NC(N)=[N+]3CCC(O)(O)C23N1.O=C(ON1C(=O)CCC1=O)c1ccc(F)cc1. The molecule has 448 valence electrons. The van der Waals surface area contributed by atoms with E-state index in [9.17, 15) is 58.0 Å². The Labute approximate surface area is 469 Å². The number of alkyl carbamates (subject to hydrolysis) is 2. The van der Waals surface area contributed by atoms with Crippen molar-refractivity contribution in [2.24, 2.45) is 22.9 Å². The van der Waals surface area contributed by atoms with Gasteiger partial charge in [0, 0.05) is 50.8 Å². The number of nitrogens with one attached hydrogen (secondary N) is 8. The van der Waals surface area contributed by atoms with E-state index in [2.05, 4.69) is 52.5 Å². The number of rotatable bonds is 21. The molecule has 0 aliphatic carbocycles. The van der Waals surface area contributed by atoms with Crippen LogP contribution in [-0.4, -0.2) is 187 Å². The summed E-state index contributed by atoms with van der Waals surface area (Å²) in [5, 5.41) is 60.5. The number of aliphatic hydroxyl groups is 4. The van der Waals surface area contributed by atoms with E-state index < -0.39 is 82.9 Å². The second-order valence-electron chi connectivity index (χ2n) is 20.8. The third kappa shape index (κ3) is 13.8. The van der Waals surface area contributed by atoms with Crippen molar-refractivity contribution < 1.29 is 97.2 Å². The Balaban J connectivity index is 0.000000189. The number of nitrogens with zero attached hydrogens (tertiary/aromatic N) is 3. The minimum absolute atomic E-state index is 0.00983. The third-order valence-corrected chi connectivity index (χ3v) is 15.2. The average molecular weight is 1160 g/mol. The van der Waals surface area contributed by atoms with Crippen LogP contribution in [0.5, 0.6) is 0 Å². The molecule has 0 bridgehead atoms. The number of hydrogen-bond acceptors (Lipinski definition) is 21. The topological polar surface area (TPSA) is 452 Å². The summed E-state index contributed by atoms with van der Waals surface area (Å²) in [5.74, 6) is -6.09. The van der Waals surface area contributed by atoms with Crippen LogP contribution in [0.4, 0.5) is 18.4 Å². The first-order valence-electron chi connectivity index (χ1n) is 27.3. The molecule has 31 heteroatoms. The quantitative estimate of drug-likeness (QED) is 0.0181. The van der Waals surface area contributed by atoms with Gasteiger partial charge in [0.25, 0.3) is 23.1 Å². The first kappa shape index (κ1) is 61.6. The fraction of sp³-hybridized carbons (Fsp3) is 0.569. The lowest BCUT2D eigenvalue weighted by molar-refractivity contribution is -0.674. The number of amides is 4. The molecule has 4 amide bonds. The van der Waals surface area contributed by atoms with Gasteiger partial charge in [0.15, 0.2) is 17.9 Å². The van der Waals surface area contributed by atoms with E-state index in [1.165, 1.54) is 36.4 Å². The highest BCUT2D eigenvalue weighted by Gasteiger charge is 2.76. The van der Waals surface area contributed by atoms with Crippen molar-refractivity contribution in [2.75, 3.05) is 45.9 Å². The first-order valence-corrected chi connectivity index (χ1v) is 27.3. The van der Waals surface area contributed by atoms with Crippen LogP contribution in [0.15, 0.2) is 48.5 Å². The predicted molar refractivity (Wildman–Crippen MR) is 282 cm³/mol. The zero-order valence-corrected chi connectivity index (χ0v) is 45.4. The Morgan fingerprint density at radius 1 is 0.646 bits per heavy atom. The van der Waals surface area contributed by atoms with Crippen LogP contribution in [0.2, 0.25) is 0 Å². The van der Waals surface area contributed by atoms with Crippen molar-refractivity contribution in [3.63, 3.8) is 0 Å². The Bertz CT molecular complexity index is 2790. The molecular formula is C51H77F2N16O13+5. The minimum Gasteiger partial charge on any atom is -0.446 e. The van der Waals surface area contributed by atoms with Crippen molar-refractivity contribution in [1.82, 2.24) is 37.0 Å². The monoisotopic (exact) mass is 1160 g/mol. The molecule has 7 aliphatic heterocycles. The van der Waals surface area contributed by atoms with Gasteiger partial charge in [-0.25, -0.2) is 42.9 Å². The number of hydroxylamine groups is 2. The summed E-state index contributed by atoms with van der Waals surface area (Å²) in [5.41, 5.74) is 25.7. The van der Waals surface area contributed by atoms with Gasteiger partial charge < -0.3 is 51.1 Å². The molecule has 23 N–H and O–H groups in total. The number of ether oxygens (including phenoxy) is 2. The van der Waals surface area contributed by atoms with Gasteiger partial charge >= 0.3 is 42.0 Å². The van der Waals surface area contributed by atoms with E-state index in [4.69, 9.17) is 32.4 Å². The summed E-state index contributed by atoms with van der Waals surface area (Å²) >= 11 is 0. The van der Waals surface area contributed by atoms with E-state index in [1.807, 2.05) is 0 Å². The van der Waals surface area contributed by atoms with Gasteiger partial charge in [0.1, 0.15) is 36.9 Å². The number of unbranched alkanes of at least 4 members (excludes halogenated alkanes) is 7. The van der Waals surface area contributed by atoms with Crippen molar-refractivity contribution in [2.45, 2.75) is 137 Å². The van der Waals surface area contributed by atoms with Gasteiger partial charge in [0.05, 0.1) is 25.2 Å². The second-order valence-corrected chi connectivity index (χ2v) is 20.8. The molecule has 7 heterocycles. The molecule has 7 aliphatic rings.